The summed E-state index contributed by atoms with van der Waals surface area (Å²) in [6.07, 6.45) is 0. The van der Waals surface area contributed by atoms with Gasteiger partial charge in [0.05, 0.1) is 26.4 Å². The topological polar surface area (TPSA) is 47.9 Å². The smallest absolute Gasteiger partial charge is 0.186 e. The Hall–Kier alpha value is -1.46. The van der Waals surface area contributed by atoms with E-state index in [4.69, 9.17) is 34.8 Å². The molecule has 0 aliphatic carbocycles. The van der Waals surface area contributed by atoms with Gasteiger partial charge in [0.15, 0.2) is 5.84 Å². The molecule has 0 saturated heterocycles. The summed E-state index contributed by atoms with van der Waals surface area (Å²) in [6, 6.07) is 10.2. The summed E-state index contributed by atoms with van der Waals surface area (Å²) in [6.45, 7) is 0. The van der Waals surface area contributed by atoms with E-state index < -0.39 is 0 Å². The van der Waals surface area contributed by atoms with Gasteiger partial charge in [0.25, 0.3) is 0 Å². The maximum absolute atomic E-state index is 10.3. The van der Waals surface area contributed by atoms with Crippen LogP contribution in [0.1, 0.15) is 5.56 Å². The van der Waals surface area contributed by atoms with E-state index in [9.17, 15) is 5.21 Å². The highest BCUT2D eigenvalue weighted by atomic mass is 35.5. The zero-order chi connectivity index (χ0) is 14.3. The Balaban J connectivity index is 2.08. The van der Waals surface area contributed by atoms with Crippen molar-refractivity contribution in [2.75, 3.05) is 10.5 Å². The minimum absolute atomic E-state index is 0.279. The molecule has 0 radical (unpaired) electrons. The van der Waals surface area contributed by atoms with Gasteiger partial charge in [-0.05, 0) is 24.3 Å². The Labute approximate surface area is 130 Å². The van der Waals surface area contributed by atoms with Gasteiger partial charge in [-0.3, -0.25) is 10.6 Å². The van der Waals surface area contributed by atoms with Gasteiger partial charge in [0.2, 0.25) is 0 Å². The lowest BCUT2D eigenvalue weighted by Crippen LogP contribution is -2.32. The molecule has 1 aliphatic heterocycles. The number of hydrogen-bond donors (Lipinski definition) is 2. The van der Waals surface area contributed by atoms with Crippen molar-refractivity contribution in [1.82, 2.24) is 0 Å². The van der Waals surface area contributed by atoms with Crippen LogP contribution in [0, 0.1) is 0 Å². The van der Waals surface area contributed by atoms with Crippen LogP contribution in [0.15, 0.2) is 41.5 Å². The molecule has 3 rings (SSSR count). The number of hydrogen-bond acceptors (Lipinski definition) is 4. The van der Waals surface area contributed by atoms with Gasteiger partial charge in [-0.2, -0.15) is 5.10 Å². The molecule has 0 amide bonds. The molecule has 0 bridgehead atoms. The first-order valence-electron chi connectivity index (χ1n) is 5.64. The second-order valence-corrected chi connectivity index (χ2v) is 5.34. The van der Waals surface area contributed by atoms with E-state index in [1.165, 1.54) is 0 Å². The average molecular weight is 329 g/mol. The Morgan fingerprint density at radius 2 is 1.70 bits per heavy atom. The maximum atomic E-state index is 10.3. The fourth-order valence-corrected chi connectivity index (χ4v) is 2.43. The highest BCUT2D eigenvalue weighted by Crippen LogP contribution is 2.37. The highest BCUT2D eigenvalue weighted by molar-refractivity contribution is 6.42. The third-order valence-corrected chi connectivity index (χ3v) is 3.92. The lowest BCUT2D eigenvalue weighted by Gasteiger charge is -2.26. The summed E-state index contributed by atoms with van der Waals surface area (Å²) >= 11 is 18.0. The van der Waals surface area contributed by atoms with Gasteiger partial charge in [-0.1, -0.05) is 46.9 Å². The Morgan fingerprint density at radius 3 is 2.45 bits per heavy atom. The lowest BCUT2D eigenvalue weighted by molar-refractivity contribution is 0.312. The summed E-state index contributed by atoms with van der Waals surface area (Å²) < 4.78 is 0. The fourth-order valence-electron chi connectivity index (χ4n) is 1.89. The van der Waals surface area contributed by atoms with Crippen molar-refractivity contribution in [3.63, 3.8) is 0 Å². The first kappa shape index (κ1) is 13.5. The van der Waals surface area contributed by atoms with Gasteiger partial charge in [-0.15, -0.1) is 0 Å². The number of anilines is 2. The van der Waals surface area contributed by atoms with Crippen molar-refractivity contribution >= 4 is 52.0 Å². The average Bonchev–Trinajstić information content (AvgIpc) is 2.43. The number of rotatable bonds is 1. The van der Waals surface area contributed by atoms with Gasteiger partial charge in [0, 0.05) is 5.56 Å². The molecule has 0 saturated carbocycles. The van der Waals surface area contributed by atoms with Crippen LogP contribution in [0.2, 0.25) is 15.1 Å². The van der Waals surface area contributed by atoms with E-state index in [1.807, 2.05) is 6.07 Å². The molecule has 0 atom stereocenters. The molecular weight excluding hydrogens is 321 g/mol. The van der Waals surface area contributed by atoms with E-state index in [2.05, 4.69) is 10.5 Å². The van der Waals surface area contributed by atoms with E-state index >= 15 is 0 Å². The number of benzene rings is 2. The lowest BCUT2D eigenvalue weighted by atomic mass is 10.1. The molecular formula is C13H8Cl3N3O. The molecule has 0 aromatic heterocycles. The molecule has 20 heavy (non-hydrogen) atoms. The van der Waals surface area contributed by atoms with Crippen LogP contribution >= 0.6 is 34.8 Å². The van der Waals surface area contributed by atoms with E-state index in [1.54, 1.807) is 30.3 Å². The monoisotopic (exact) mass is 327 g/mol. The number of halogens is 3. The number of nitrogens with zero attached hydrogens (tertiary/aromatic N) is 2. The SMILES string of the molecule is ON1C(c2ccccc2Cl)=NNc2cc(Cl)c(Cl)cc21. The van der Waals surface area contributed by atoms with Gasteiger partial charge in [-0.25, -0.2) is 5.06 Å². The Kier molecular flexibility index (Phi) is 3.48. The van der Waals surface area contributed by atoms with Gasteiger partial charge >= 0.3 is 0 Å². The number of hydroxylamine groups is 1. The summed E-state index contributed by atoms with van der Waals surface area (Å²) in [5.74, 6) is 0.279. The number of nitrogens with one attached hydrogen (secondary N) is 1. The van der Waals surface area contributed by atoms with E-state index in [0.717, 1.165) is 5.06 Å². The molecule has 0 unspecified atom stereocenters. The Morgan fingerprint density at radius 1 is 1.00 bits per heavy atom. The second kappa shape index (κ2) is 5.14. The summed E-state index contributed by atoms with van der Waals surface area (Å²) in [7, 11) is 0. The van der Waals surface area contributed by atoms with E-state index in [0.29, 0.717) is 32.0 Å². The number of fused-ring (bicyclic) bond motifs is 1. The molecule has 0 fully saturated rings. The van der Waals surface area contributed by atoms with Crippen molar-refractivity contribution < 1.29 is 5.21 Å². The van der Waals surface area contributed by atoms with Crippen molar-refractivity contribution in [3.05, 3.63) is 57.0 Å². The largest absolute Gasteiger partial charge is 0.282 e. The van der Waals surface area contributed by atoms with Crippen LogP contribution in [0.3, 0.4) is 0 Å². The van der Waals surface area contributed by atoms with Gasteiger partial charge < -0.3 is 0 Å². The third kappa shape index (κ3) is 2.21. The van der Waals surface area contributed by atoms with E-state index in [-0.39, 0.29) is 5.84 Å². The van der Waals surface area contributed by atoms with Crippen LogP contribution in [-0.4, -0.2) is 11.0 Å². The van der Waals surface area contributed by atoms with Crippen LogP contribution in [0.25, 0.3) is 0 Å². The van der Waals surface area contributed by atoms with Crippen molar-refractivity contribution in [2.24, 2.45) is 5.10 Å². The molecule has 4 nitrogen and oxygen atoms in total. The summed E-state index contributed by atoms with van der Waals surface area (Å²) in [5, 5.41) is 16.6. The quantitative estimate of drug-likeness (QED) is 0.802. The van der Waals surface area contributed by atoms with Gasteiger partial charge in [0.1, 0.15) is 0 Å². The Bertz CT molecular complexity index is 718. The standard InChI is InChI=1S/C13H8Cl3N3O/c14-8-4-2-1-3-7(8)13-18-17-11-5-9(15)10(16)6-12(11)19(13)20/h1-6,17,20H. The number of hydrazone groups is 1. The van der Waals surface area contributed by atoms with Crippen molar-refractivity contribution in [3.8, 4) is 0 Å². The molecule has 2 aromatic carbocycles. The first-order chi connectivity index (χ1) is 9.58. The van der Waals surface area contributed by atoms with Crippen LogP contribution in [-0.2, 0) is 0 Å². The zero-order valence-corrected chi connectivity index (χ0v) is 12.2. The van der Waals surface area contributed by atoms with Crippen molar-refractivity contribution in [1.29, 1.82) is 0 Å². The molecule has 1 heterocycles. The van der Waals surface area contributed by atoms with Crippen LogP contribution < -0.4 is 10.5 Å². The molecule has 1 aliphatic rings. The van der Waals surface area contributed by atoms with Crippen LogP contribution in [0.5, 0.6) is 0 Å². The minimum Gasteiger partial charge on any atom is -0.282 e. The molecule has 2 N–H and O–H groups in total. The second-order valence-electron chi connectivity index (χ2n) is 4.12. The zero-order valence-electron chi connectivity index (χ0n) is 9.94. The predicted molar refractivity (Wildman–Crippen MR) is 82.3 cm³/mol. The maximum Gasteiger partial charge on any atom is 0.186 e. The normalized spacial score (nSPS) is 13.6. The molecule has 2 aromatic rings. The predicted octanol–water partition coefficient (Wildman–Crippen LogP) is 4.63. The van der Waals surface area contributed by atoms with Crippen LogP contribution in [0.4, 0.5) is 11.4 Å². The fraction of sp³-hybridized carbons (Fsp3) is 0. The number of amidine groups is 1. The first-order valence-corrected chi connectivity index (χ1v) is 6.78. The summed E-state index contributed by atoms with van der Waals surface area (Å²) in [5.41, 5.74) is 4.42. The molecule has 7 heteroatoms. The highest BCUT2D eigenvalue weighted by Gasteiger charge is 2.24. The summed E-state index contributed by atoms with van der Waals surface area (Å²) in [4.78, 5) is 0. The molecule has 102 valence electrons. The van der Waals surface area contributed by atoms with Crippen molar-refractivity contribution in [2.45, 2.75) is 0 Å². The molecule has 0 spiro atoms. The third-order valence-electron chi connectivity index (χ3n) is 2.86. The minimum atomic E-state index is 0.279.